The Balaban J connectivity index is 1.40. The first kappa shape index (κ1) is 19.9. The van der Waals surface area contributed by atoms with Crippen LogP contribution in [0.15, 0.2) is 59.7 Å². The maximum absolute atomic E-state index is 12.2. The molecule has 0 saturated carbocycles. The first-order chi connectivity index (χ1) is 14.7. The van der Waals surface area contributed by atoms with E-state index in [1.165, 1.54) is 5.56 Å². The van der Waals surface area contributed by atoms with E-state index in [0.29, 0.717) is 5.82 Å². The van der Waals surface area contributed by atoms with Crippen LogP contribution in [0.4, 0.5) is 0 Å². The van der Waals surface area contributed by atoms with Crippen LogP contribution in [-0.4, -0.2) is 39.5 Å². The molecule has 0 bridgehead atoms. The van der Waals surface area contributed by atoms with E-state index in [-0.39, 0.29) is 18.1 Å². The minimum atomic E-state index is -0.120. The second kappa shape index (κ2) is 9.38. The highest BCUT2D eigenvalue weighted by Gasteiger charge is 2.22. The molecule has 0 amide bonds. The Morgan fingerprint density at radius 2 is 2.07 bits per heavy atom. The molecule has 30 heavy (non-hydrogen) atoms. The van der Waals surface area contributed by atoms with Crippen molar-refractivity contribution in [2.75, 3.05) is 19.7 Å². The average molecular weight is 400 g/mol. The smallest absolute Gasteiger partial charge is 0.251 e. The van der Waals surface area contributed by atoms with Gasteiger partial charge in [0.15, 0.2) is 0 Å². The summed E-state index contributed by atoms with van der Waals surface area (Å²) < 4.78 is 5.52. The molecule has 0 spiro atoms. The van der Waals surface area contributed by atoms with Crippen LogP contribution in [0.25, 0.3) is 11.4 Å². The van der Waals surface area contributed by atoms with E-state index in [1.807, 2.05) is 30.3 Å². The van der Waals surface area contributed by atoms with Crippen molar-refractivity contribution in [3.63, 3.8) is 0 Å². The second-order valence-electron chi connectivity index (χ2n) is 7.45. The number of benzene rings is 1. The lowest BCUT2D eigenvalue weighted by atomic mass is 9.93. The quantitative estimate of drug-likeness (QED) is 0.644. The zero-order valence-electron chi connectivity index (χ0n) is 16.8. The lowest BCUT2D eigenvalue weighted by molar-refractivity contribution is 0.203. The van der Waals surface area contributed by atoms with Gasteiger partial charge in [-0.15, -0.1) is 6.42 Å². The molecule has 0 radical (unpaired) electrons. The number of nitrogens with zero attached hydrogens (tertiary/aromatic N) is 3. The lowest BCUT2D eigenvalue weighted by Gasteiger charge is -2.31. The van der Waals surface area contributed by atoms with Crippen molar-refractivity contribution in [1.29, 1.82) is 0 Å². The zero-order valence-corrected chi connectivity index (χ0v) is 16.8. The van der Waals surface area contributed by atoms with E-state index < -0.39 is 0 Å². The molecule has 0 atom stereocenters. The number of terminal acetylenes is 1. The van der Waals surface area contributed by atoms with E-state index in [1.54, 1.807) is 18.5 Å². The van der Waals surface area contributed by atoms with E-state index in [4.69, 9.17) is 16.1 Å². The Kier molecular flexibility index (Phi) is 6.21. The SMILES string of the molecule is C#CCOc1cccc(CN2CCC(c3cc(=O)[nH]c(-c4cccnc4)n3)CC2)c1. The van der Waals surface area contributed by atoms with Crippen molar-refractivity contribution < 1.29 is 4.74 Å². The molecule has 1 aromatic carbocycles. The van der Waals surface area contributed by atoms with E-state index in [2.05, 4.69) is 26.9 Å². The fourth-order valence-electron chi connectivity index (χ4n) is 3.83. The maximum atomic E-state index is 12.2. The van der Waals surface area contributed by atoms with Crippen LogP contribution in [0.3, 0.4) is 0 Å². The summed E-state index contributed by atoms with van der Waals surface area (Å²) in [5, 5.41) is 0. The molecule has 1 saturated heterocycles. The number of pyridine rings is 1. The van der Waals surface area contributed by atoms with Crippen LogP contribution in [0.5, 0.6) is 5.75 Å². The maximum Gasteiger partial charge on any atom is 0.251 e. The minimum Gasteiger partial charge on any atom is -0.481 e. The summed E-state index contributed by atoms with van der Waals surface area (Å²) in [6, 6.07) is 13.4. The van der Waals surface area contributed by atoms with Gasteiger partial charge in [-0.1, -0.05) is 18.1 Å². The molecule has 0 unspecified atom stereocenters. The van der Waals surface area contributed by atoms with Gasteiger partial charge in [0.2, 0.25) is 0 Å². The lowest BCUT2D eigenvalue weighted by Crippen LogP contribution is -2.33. The van der Waals surface area contributed by atoms with Gasteiger partial charge in [-0.3, -0.25) is 14.7 Å². The molecule has 1 N–H and O–H groups in total. The van der Waals surface area contributed by atoms with Gasteiger partial charge in [-0.05, 0) is 55.8 Å². The molecular weight excluding hydrogens is 376 g/mol. The standard InChI is InChI=1S/C24H24N4O2/c1-2-13-30-21-7-3-5-18(14-21)17-28-11-8-19(9-12-28)22-15-23(29)27-24(26-22)20-6-4-10-25-16-20/h1,3-7,10,14-16,19H,8-9,11-13,17H2,(H,26,27,29). The molecule has 1 aliphatic rings. The highest BCUT2D eigenvalue weighted by molar-refractivity contribution is 5.52. The molecule has 0 aliphatic carbocycles. The topological polar surface area (TPSA) is 71.1 Å². The molecule has 1 aliphatic heterocycles. The number of aromatic amines is 1. The summed E-state index contributed by atoms with van der Waals surface area (Å²) in [6.07, 6.45) is 10.6. The number of likely N-dealkylation sites (tertiary alicyclic amines) is 1. The summed E-state index contributed by atoms with van der Waals surface area (Å²) in [5.41, 5.74) is 2.77. The van der Waals surface area contributed by atoms with Crippen molar-refractivity contribution in [1.82, 2.24) is 19.9 Å². The first-order valence-corrected chi connectivity index (χ1v) is 10.1. The van der Waals surface area contributed by atoms with E-state index in [0.717, 1.165) is 49.5 Å². The number of hydrogen-bond acceptors (Lipinski definition) is 5. The largest absolute Gasteiger partial charge is 0.481 e. The Morgan fingerprint density at radius 3 is 2.83 bits per heavy atom. The van der Waals surface area contributed by atoms with Crippen LogP contribution in [0, 0.1) is 12.3 Å². The number of ether oxygens (including phenoxy) is 1. The molecule has 6 nitrogen and oxygen atoms in total. The van der Waals surface area contributed by atoms with Gasteiger partial charge in [0, 0.05) is 36.5 Å². The van der Waals surface area contributed by atoms with Gasteiger partial charge < -0.3 is 9.72 Å². The highest BCUT2D eigenvalue weighted by Crippen LogP contribution is 2.28. The molecule has 1 fully saturated rings. The van der Waals surface area contributed by atoms with Crippen molar-refractivity contribution in [3.8, 4) is 29.5 Å². The monoisotopic (exact) mass is 400 g/mol. The van der Waals surface area contributed by atoms with Crippen LogP contribution >= 0.6 is 0 Å². The first-order valence-electron chi connectivity index (χ1n) is 10.1. The molecule has 3 heterocycles. The van der Waals surface area contributed by atoms with Crippen LogP contribution in [0.1, 0.15) is 30.0 Å². The third-order valence-electron chi connectivity index (χ3n) is 5.33. The predicted molar refractivity (Wildman–Crippen MR) is 116 cm³/mol. The minimum absolute atomic E-state index is 0.120. The van der Waals surface area contributed by atoms with Crippen molar-refractivity contribution >= 4 is 0 Å². The Hall–Kier alpha value is -3.43. The molecule has 152 valence electrons. The fraction of sp³-hybridized carbons (Fsp3) is 0.292. The Morgan fingerprint density at radius 1 is 1.20 bits per heavy atom. The van der Waals surface area contributed by atoms with Gasteiger partial charge in [0.1, 0.15) is 18.2 Å². The van der Waals surface area contributed by atoms with Crippen LogP contribution in [-0.2, 0) is 6.54 Å². The number of hydrogen-bond donors (Lipinski definition) is 1. The number of rotatable bonds is 6. The van der Waals surface area contributed by atoms with Crippen LogP contribution < -0.4 is 10.3 Å². The molecule has 3 aromatic rings. The van der Waals surface area contributed by atoms with Gasteiger partial charge in [-0.25, -0.2) is 4.98 Å². The summed E-state index contributed by atoms with van der Waals surface area (Å²) >= 11 is 0. The van der Waals surface area contributed by atoms with Crippen molar-refractivity contribution in [3.05, 3.63) is 76.5 Å². The third kappa shape index (κ3) is 4.94. The van der Waals surface area contributed by atoms with Gasteiger partial charge >= 0.3 is 0 Å². The van der Waals surface area contributed by atoms with Crippen molar-refractivity contribution in [2.24, 2.45) is 0 Å². The predicted octanol–water partition coefficient (Wildman–Crippen LogP) is 3.22. The van der Waals surface area contributed by atoms with E-state index >= 15 is 0 Å². The number of nitrogens with one attached hydrogen (secondary N) is 1. The molecular formula is C24H24N4O2. The van der Waals surface area contributed by atoms with Gasteiger partial charge in [-0.2, -0.15) is 0 Å². The molecule has 2 aromatic heterocycles. The summed E-state index contributed by atoms with van der Waals surface area (Å²) in [4.78, 5) is 26.3. The summed E-state index contributed by atoms with van der Waals surface area (Å²) in [5.74, 6) is 4.15. The zero-order chi connectivity index (χ0) is 20.8. The highest BCUT2D eigenvalue weighted by atomic mass is 16.5. The fourth-order valence-corrected chi connectivity index (χ4v) is 3.83. The average Bonchev–Trinajstić information content (AvgIpc) is 2.79. The summed E-state index contributed by atoms with van der Waals surface area (Å²) in [7, 11) is 0. The number of H-pyrrole nitrogens is 1. The van der Waals surface area contributed by atoms with Gasteiger partial charge in [0.25, 0.3) is 5.56 Å². The third-order valence-corrected chi connectivity index (χ3v) is 5.33. The number of aromatic nitrogens is 3. The van der Waals surface area contributed by atoms with E-state index in [9.17, 15) is 4.79 Å². The number of piperidine rings is 1. The summed E-state index contributed by atoms with van der Waals surface area (Å²) in [6.45, 7) is 3.05. The molecule has 6 heteroatoms. The normalized spacial score (nSPS) is 14.9. The van der Waals surface area contributed by atoms with Crippen molar-refractivity contribution in [2.45, 2.75) is 25.3 Å². The Bertz CT molecular complexity index is 1080. The van der Waals surface area contributed by atoms with Gasteiger partial charge in [0.05, 0.1) is 5.69 Å². The second-order valence-corrected chi connectivity index (χ2v) is 7.45. The van der Waals surface area contributed by atoms with Crippen LogP contribution in [0.2, 0.25) is 0 Å². The molecule has 4 rings (SSSR count). The Labute approximate surface area is 176 Å².